The predicted molar refractivity (Wildman–Crippen MR) is 118 cm³/mol. The number of allylic oxidation sites excluding steroid dienone is 1. The van der Waals surface area contributed by atoms with Crippen molar-refractivity contribution in [2.45, 2.75) is 52.9 Å². The van der Waals surface area contributed by atoms with Crippen molar-refractivity contribution in [3.05, 3.63) is 71.3 Å². The van der Waals surface area contributed by atoms with E-state index >= 15 is 0 Å². The van der Waals surface area contributed by atoms with Crippen molar-refractivity contribution in [1.82, 2.24) is 0 Å². The number of benzene rings is 2. The summed E-state index contributed by atoms with van der Waals surface area (Å²) in [6.45, 7) is 7.53. The Morgan fingerprint density at radius 2 is 1.72 bits per heavy atom. The van der Waals surface area contributed by atoms with Crippen LogP contribution in [0.25, 0.3) is 5.57 Å². The van der Waals surface area contributed by atoms with E-state index in [-0.39, 0.29) is 6.42 Å². The zero-order chi connectivity index (χ0) is 20.9. The summed E-state index contributed by atoms with van der Waals surface area (Å²) < 4.78 is 5.71. The van der Waals surface area contributed by atoms with Crippen molar-refractivity contribution in [3.8, 4) is 5.75 Å². The van der Waals surface area contributed by atoms with Gasteiger partial charge in [-0.15, -0.1) is 0 Å². The molecule has 1 atom stereocenters. The van der Waals surface area contributed by atoms with Crippen molar-refractivity contribution in [2.75, 3.05) is 6.61 Å². The van der Waals surface area contributed by atoms with E-state index in [0.717, 1.165) is 18.6 Å². The van der Waals surface area contributed by atoms with Crippen molar-refractivity contribution >= 4 is 11.5 Å². The second kappa shape index (κ2) is 9.30. The molecular formula is C26H32O3. The minimum Gasteiger partial charge on any atom is -0.494 e. The molecule has 0 amide bonds. The quantitative estimate of drug-likeness (QED) is 0.541. The van der Waals surface area contributed by atoms with Crippen LogP contribution in [-0.4, -0.2) is 17.7 Å². The predicted octanol–water partition coefficient (Wildman–Crippen LogP) is 6.58. The molecule has 2 aromatic carbocycles. The number of ether oxygens (including phenoxy) is 1. The van der Waals surface area contributed by atoms with Gasteiger partial charge in [0.05, 0.1) is 6.61 Å². The van der Waals surface area contributed by atoms with Crippen LogP contribution in [0.5, 0.6) is 5.75 Å². The van der Waals surface area contributed by atoms with Gasteiger partial charge in [-0.2, -0.15) is 0 Å². The van der Waals surface area contributed by atoms with Gasteiger partial charge in [0.15, 0.2) is 0 Å². The summed E-state index contributed by atoms with van der Waals surface area (Å²) in [5, 5.41) is 8.74. The zero-order valence-electron chi connectivity index (χ0n) is 17.8. The van der Waals surface area contributed by atoms with Crippen LogP contribution in [0, 0.1) is 11.3 Å². The normalized spacial score (nSPS) is 20.2. The first-order valence-corrected chi connectivity index (χ1v) is 10.6. The van der Waals surface area contributed by atoms with Gasteiger partial charge in [-0.05, 0) is 65.8 Å². The molecule has 1 aliphatic carbocycles. The molecule has 1 unspecified atom stereocenters. The number of aliphatic carboxylic acids is 1. The summed E-state index contributed by atoms with van der Waals surface area (Å²) in [6, 6.07) is 18.9. The van der Waals surface area contributed by atoms with E-state index < -0.39 is 5.97 Å². The molecular weight excluding hydrogens is 360 g/mol. The number of carboxylic acids is 1. The third kappa shape index (κ3) is 5.96. The van der Waals surface area contributed by atoms with Crippen LogP contribution in [0.15, 0.2) is 60.2 Å². The summed E-state index contributed by atoms with van der Waals surface area (Å²) in [5.74, 6) is 0.686. The molecule has 2 aromatic rings. The summed E-state index contributed by atoms with van der Waals surface area (Å²) in [7, 11) is 0. The summed E-state index contributed by atoms with van der Waals surface area (Å²) >= 11 is 0. The molecule has 1 aliphatic rings. The minimum atomic E-state index is -0.785. The SMILES string of the molecule is CC1C/C(=C(/c2ccccc2)c2ccc(OCCCC(=O)O)cc2)CC(C)(C)C1. The van der Waals surface area contributed by atoms with Crippen LogP contribution in [0.1, 0.15) is 64.0 Å². The highest BCUT2D eigenvalue weighted by Gasteiger charge is 2.30. The summed E-state index contributed by atoms with van der Waals surface area (Å²) in [5.41, 5.74) is 5.69. The number of hydrogen-bond acceptors (Lipinski definition) is 2. The molecule has 3 nitrogen and oxygen atoms in total. The average Bonchev–Trinajstić information content (AvgIpc) is 2.66. The molecule has 0 aromatic heterocycles. The highest BCUT2D eigenvalue weighted by Crippen LogP contribution is 2.45. The topological polar surface area (TPSA) is 46.5 Å². The third-order valence-electron chi connectivity index (χ3n) is 5.55. The number of carboxylic acid groups (broad SMARTS) is 1. The maximum Gasteiger partial charge on any atom is 0.303 e. The number of hydrogen-bond donors (Lipinski definition) is 1. The molecule has 0 radical (unpaired) electrons. The lowest BCUT2D eigenvalue weighted by atomic mass is 9.68. The van der Waals surface area contributed by atoms with Crippen molar-refractivity contribution in [3.63, 3.8) is 0 Å². The second-order valence-corrected chi connectivity index (χ2v) is 9.07. The Balaban J connectivity index is 1.88. The molecule has 1 N–H and O–H groups in total. The van der Waals surface area contributed by atoms with E-state index in [4.69, 9.17) is 9.84 Å². The molecule has 3 heteroatoms. The first-order chi connectivity index (χ1) is 13.8. The number of carbonyl (C=O) groups is 1. The lowest BCUT2D eigenvalue weighted by Gasteiger charge is -2.37. The molecule has 1 fully saturated rings. The Labute approximate surface area is 174 Å². The van der Waals surface area contributed by atoms with Gasteiger partial charge in [0.1, 0.15) is 5.75 Å². The molecule has 0 saturated heterocycles. The van der Waals surface area contributed by atoms with E-state index in [1.165, 1.54) is 28.7 Å². The van der Waals surface area contributed by atoms with Gasteiger partial charge in [0.2, 0.25) is 0 Å². The van der Waals surface area contributed by atoms with Crippen LogP contribution >= 0.6 is 0 Å². The van der Waals surface area contributed by atoms with E-state index in [1.807, 2.05) is 12.1 Å². The maximum atomic E-state index is 10.6. The van der Waals surface area contributed by atoms with Crippen molar-refractivity contribution < 1.29 is 14.6 Å². The van der Waals surface area contributed by atoms with Gasteiger partial charge >= 0.3 is 5.97 Å². The zero-order valence-corrected chi connectivity index (χ0v) is 17.8. The van der Waals surface area contributed by atoms with Gasteiger partial charge in [0, 0.05) is 6.42 Å². The fraction of sp³-hybridized carbons (Fsp3) is 0.423. The Kier molecular flexibility index (Phi) is 6.79. The Bertz CT molecular complexity index is 847. The molecule has 0 bridgehead atoms. The molecule has 0 heterocycles. The van der Waals surface area contributed by atoms with Crippen LogP contribution in [0.4, 0.5) is 0 Å². The Morgan fingerprint density at radius 1 is 1.07 bits per heavy atom. The first kappa shape index (κ1) is 21.2. The van der Waals surface area contributed by atoms with Gasteiger partial charge < -0.3 is 9.84 Å². The Hall–Kier alpha value is -2.55. The highest BCUT2D eigenvalue weighted by molar-refractivity contribution is 5.82. The Morgan fingerprint density at radius 3 is 2.34 bits per heavy atom. The highest BCUT2D eigenvalue weighted by atomic mass is 16.5. The monoisotopic (exact) mass is 392 g/mol. The first-order valence-electron chi connectivity index (χ1n) is 10.6. The van der Waals surface area contributed by atoms with E-state index in [9.17, 15) is 4.79 Å². The lowest BCUT2D eigenvalue weighted by molar-refractivity contribution is -0.137. The van der Waals surface area contributed by atoms with E-state index in [1.54, 1.807) is 0 Å². The fourth-order valence-corrected chi connectivity index (χ4v) is 4.66. The molecule has 1 saturated carbocycles. The summed E-state index contributed by atoms with van der Waals surface area (Å²) in [4.78, 5) is 10.6. The average molecular weight is 393 g/mol. The molecule has 3 rings (SSSR count). The van der Waals surface area contributed by atoms with Gasteiger partial charge in [0.25, 0.3) is 0 Å². The second-order valence-electron chi connectivity index (χ2n) is 9.07. The summed E-state index contributed by atoms with van der Waals surface area (Å²) in [6.07, 6.45) is 4.18. The molecule has 0 spiro atoms. The molecule has 0 aliphatic heterocycles. The van der Waals surface area contributed by atoms with Gasteiger partial charge in [-0.1, -0.05) is 68.8 Å². The largest absolute Gasteiger partial charge is 0.494 e. The van der Waals surface area contributed by atoms with Crippen LogP contribution in [-0.2, 0) is 4.79 Å². The lowest BCUT2D eigenvalue weighted by Crippen LogP contribution is -2.23. The van der Waals surface area contributed by atoms with Crippen molar-refractivity contribution in [1.29, 1.82) is 0 Å². The third-order valence-corrected chi connectivity index (χ3v) is 5.55. The van der Waals surface area contributed by atoms with Crippen LogP contribution in [0.3, 0.4) is 0 Å². The van der Waals surface area contributed by atoms with E-state index in [0.29, 0.717) is 24.4 Å². The fourth-order valence-electron chi connectivity index (χ4n) is 4.66. The minimum absolute atomic E-state index is 0.135. The van der Waals surface area contributed by atoms with Gasteiger partial charge in [-0.25, -0.2) is 0 Å². The number of rotatable bonds is 7. The maximum absolute atomic E-state index is 10.6. The van der Waals surface area contributed by atoms with Gasteiger partial charge in [-0.3, -0.25) is 4.79 Å². The van der Waals surface area contributed by atoms with Crippen LogP contribution in [0.2, 0.25) is 0 Å². The van der Waals surface area contributed by atoms with Crippen molar-refractivity contribution in [2.24, 2.45) is 11.3 Å². The van der Waals surface area contributed by atoms with Crippen LogP contribution < -0.4 is 4.74 Å². The van der Waals surface area contributed by atoms with E-state index in [2.05, 4.69) is 63.2 Å². The standard InChI is InChI=1S/C26H32O3/c1-19-16-22(18-26(2,3)17-19)25(20-8-5-4-6-9-20)21-11-13-23(14-12-21)29-15-7-10-24(27)28/h4-6,8-9,11-14,19H,7,10,15-18H2,1-3H3,(H,27,28)/b25-22+. The smallest absolute Gasteiger partial charge is 0.303 e. The molecule has 154 valence electrons. The molecule has 29 heavy (non-hydrogen) atoms.